The number of hydrogen-bond acceptors (Lipinski definition) is 9. The van der Waals surface area contributed by atoms with Gasteiger partial charge in [0.05, 0.1) is 32.8 Å². The third-order valence-corrected chi connectivity index (χ3v) is 7.67. The summed E-state index contributed by atoms with van der Waals surface area (Å²) in [5, 5.41) is 36.4. The van der Waals surface area contributed by atoms with Gasteiger partial charge in [-0.2, -0.15) is 4.98 Å². The number of carbonyl (C=O) groups is 1. The number of carbonyl (C=O) groups excluding carboxylic acids is 1. The molecule has 0 spiro atoms. The minimum atomic E-state index is -3.05. The molecular formula is C26H24BrNO8. The van der Waals surface area contributed by atoms with E-state index in [0.29, 0.717) is 11.1 Å². The molecule has 1 aromatic heterocycles. The Morgan fingerprint density at radius 3 is 2.25 bits per heavy atom. The van der Waals surface area contributed by atoms with Gasteiger partial charge in [-0.15, -0.1) is 0 Å². The first kappa shape index (κ1) is 24.5. The van der Waals surface area contributed by atoms with Crippen LogP contribution in [-0.2, 0) is 20.7 Å². The molecule has 1 aliphatic carbocycles. The Balaban J connectivity index is 1.95. The van der Waals surface area contributed by atoms with Crippen molar-refractivity contribution in [1.29, 1.82) is 0 Å². The zero-order valence-corrected chi connectivity index (χ0v) is 21.2. The molecule has 4 atom stereocenters. The average Bonchev–Trinajstić information content (AvgIpc) is 2.97. The van der Waals surface area contributed by atoms with Crippen molar-refractivity contribution in [3.63, 3.8) is 0 Å². The van der Waals surface area contributed by atoms with Crippen LogP contribution in [0.5, 0.6) is 17.5 Å². The number of hydrogen-bond donors (Lipinski definition) is 3. The van der Waals surface area contributed by atoms with Crippen LogP contribution >= 0.6 is 15.9 Å². The second kappa shape index (κ2) is 8.45. The number of fused-ring (bicyclic) bond motifs is 4. The normalized spacial score (nSPS) is 27.5. The van der Waals surface area contributed by atoms with Crippen molar-refractivity contribution in [2.24, 2.45) is 5.92 Å². The molecule has 9 nitrogen and oxygen atoms in total. The molecule has 36 heavy (non-hydrogen) atoms. The SMILES string of the molecule is COC(=O)[C@@H]1[C@@H](c2ccccc2)[C@]2(c3ccc(Br)cc3)Oc3cc(OC)nc(OC)c3[C@@]1(O)C2(O)O. The lowest BCUT2D eigenvalue weighted by Crippen LogP contribution is -2.65. The number of methoxy groups -OCH3 is 3. The molecule has 0 saturated heterocycles. The fourth-order valence-electron chi connectivity index (χ4n) is 5.65. The Morgan fingerprint density at radius 2 is 1.67 bits per heavy atom. The molecule has 1 saturated carbocycles. The topological polar surface area (TPSA) is 128 Å². The van der Waals surface area contributed by atoms with Gasteiger partial charge < -0.3 is 34.3 Å². The van der Waals surface area contributed by atoms with Crippen LogP contribution in [0.25, 0.3) is 0 Å². The Hall–Kier alpha value is -3.18. The molecular weight excluding hydrogens is 534 g/mol. The summed E-state index contributed by atoms with van der Waals surface area (Å²) < 4.78 is 23.1. The lowest BCUT2D eigenvalue weighted by molar-refractivity contribution is -0.341. The molecule has 0 radical (unpaired) electrons. The number of benzene rings is 2. The molecule has 0 amide bonds. The predicted octanol–water partition coefficient (Wildman–Crippen LogP) is 2.60. The molecule has 2 aromatic carbocycles. The highest BCUT2D eigenvalue weighted by Gasteiger charge is 2.84. The summed E-state index contributed by atoms with van der Waals surface area (Å²) in [4.78, 5) is 17.7. The molecule has 10 heteroatoms. The summed E-state index contributed by atoms with van der Waals surface area (Å²) >= 11 is 3.40. The van der Waals surface area contributed by atoms with E-state index in [1.54, 1.807) is 54.6 Å². The van der Waals surface area contributed by atoms with Crippen LogP contribution in [0.2, 0.25) is 0 Å². The Bertz CT molecular complexity index is 1320. The zero-order valence-electron chi connectivity index (χ0n) is 19.6. The number of aromatic nitrogens is 1. The van der Waals surface area contributed by atoms with Crippen LogP contribution in [0, 0.1) is 5.92 Å². The van der Waals surface area contributed by atoms with E-state index in [1.807, 2.05) is 0 Å². The Labute approximate surface area is 215 Å². The van der Waals surface area contributed by atoms with Crippen molar-refractivity contribution in [2.75, 3.05) is 21.3 Å². The second-order valence-corrected chi connectivity index (χ2v) is 9.64. The first-order valence-corrected chi connectivity index (χ1v) is 11.8. The minimum absolute atomic E-state index is 0.0233. The monoisotopic (exact) mass is 557 g/mol. The van der Waals surface area contributed by atoms with Gasteiger partial charge in [0.1, 0.15) is 11.7 Å². The standard InChI is InChI=1S/C26H24BrNO8/c1-33-18-13-17-20(22(28-18)34-2)24(30)21(23(29)35-3)19(14-7-5-4-6-8-14)25(36-17,26(24,31)32)15-9-11-16(27)12-10-15/h4-13,19,21,30-32H,1-3H3/t19-,21+,24+,25+/m1/s1. The highest BCUT2D eigenvalue weighted by molar-refractivity contribution is 9.10. The van der Waals surface area contributed by atoms with Crippen molar-refractivity contribution < 1.29 is 39.1 Å². The van der Waals surface area contributed by atoms with Crippen LogP contribution in [0.3, 0.4) is 0 Å². The quantitative estimate of drug-likeness (QED) is 0.320. The number of rotatable bonds is 5. The first-order chi connectivity index (χ1) is 17.2. The summed E-state index contributed by atoms with van der Waals surface area (Å²) in [6.45, 7) is 0. The van der Waals surface area contributed by atoms with E-state index >= 15 is 0 Å². The van der Waals surface area contributed by atoms with Gasteiger partial charge in [0.25, 0.3) is 0 Å². The molecule has 5 rings (SSSR count). The van der Waals surface area contributed by atoms with E-state index < -0.39 is 34.8 Å². The molecule has 2 heterocycles. The summed E-state index contributed by atoms with van der Waals surface area (Å²) in [5.74, 6) is -6.63. The van der Waals surface area contributed by atoms with Crippen LogP contribution in [0.4, 0.5) is 0 Å². The van der Waals surface area contributed by atoms with Gasteiger partial charge in [-0.05, 0) is 17.7 Å². The van der Waals surface area contributed by atoms with Crippen LogP contribution in [0.1, 0.15) is 22.6 Å². The van der Waals surface area contributed by atoms with Crippen molar-refractivity contribution in [1.82, 2.24) is 4.98 Å². The van der Waals surface area contributed by atoms with Gasteiger partial charge in [-0.1, -0.05) is 58.4 Å². The number of ether oxygens (including phenoxy) is 4. The van der Waals surface area contributed by atoms with E-state index in [0.717, 1.165) is 4.47 Å². The van der Waals surface area contributed by atoms with Crippen molar-refractivity contribution >= 4 is 21.9 Å². The number of pyridine rings is 1. The molecule has 3 aromatic rings. The van der Waals surface area contributed by atoms with Gasteiger partial charge >= 0.3 is 5.97 Å². The van der Waals surface area contributed by atoms with Crippen LogP contribution in [-0.4, -0.2) is 53.4 Å². The van der Waals surface area contributed by atoms with Crippen molar-refractivity contribution in [3.8, 4) is 17.5 Å². The predicted molar refractivity (Wildman–Crippen MR) is 130 cm³/mol. The molecule has 2 aliphatic rings. The summed E-state index contributed by atoms with van der Waals surface area (Å²) in [6, 6.07) is 16.9. The number of nitrogens with zero attached hydrogens (tertiary/aromatic N) is 1. The van der Waals surface area contributed by atoms with E-state index in [9.17, 15) is 20.1 Å². The third-order valence-electron chi connectivity index (χ3n) is 7.14. The van der Waals surface area contributed by atoms with Gasteiger partial charge in [0.15, 0.2) is 11.2 Å². The van der Waals surface area contributed by atoms with E-state index in [1.165, 1.54) is 27.4 Å². The molecule has 3 N–H and O–H groups in total. The summed E-state index contributed by atoms with van der Waals surface area (Å²) in [7, 11) is 3.87. The van der Waals surface area contributed by atoms with E-state index in [2.05, 4.69) is 20.9 Å². The smallest absolute Gasteiger partial charge is 0.312 e. The minimum Gasteiger partial charge on any atom is -0.481 e. The summed E-state index contributed by atoms with van der Waals surface area (Å²) in [6.07, 6.45) is 0. The largest absolute Gasteiger partial charge is 0.481 e. The zero-order chi connectivity index (χ0) is 25.9. The van der Waals surface area contributed by atoms with E-state index in [-0.39, 0.29) is 23.1 Å². The van der Waals surface area contributed by atoms with Crippen molar-refractivity contribution in [3.05, 3.63) is 81.8 Å². The van der Waals surface area contributed by atoms with Gasteiger partial charge in [0, 0.05) is 16.1 Å². The van der Waals surface area contributed by atoms with E-state index in [4.69, 9.17) is 18.9 Å². The molecule has 0 unspecified atom stereocenters. The Kier molecular flexibility index (Phi) is 5.75. The lowest BCUT2D eigenvalue weighted by atomic mass is 9.74. The summed E-state index contributed by atoms with van der Waals surface area (Å²) in [5.41, 5.74) is -4.09. The molecule has 1 fully saturated rings. The maximum absolute atomic E-state index is 13.4. The highest BCUT2D eigenvalue weighted by Crippen LogP contribution is 2.71. The van der Waals surface area contributed by atoms with Crippen LogP contribution < -0.4 is 14.2 Å². The molecule has 1 aliphatic heterocycles. The van der Waals surface area contributed by atoms with Gasteiger partial charge in [-0.25, -0.2) is 0 Å². The number of halogens is 1. The van der Waals surface area contributed by atoms with Gasteiger partial charge in [0.2, 0.25) is 17.5 Å². The first-order valence-electron chi connectivity index (χ1n) is 11.1. The fraction of sp³-hybridized carbons (Fsp3) is 0.308. The molecule has 188 valence electrons. The fourth-order valence-corrected chi connectivity index (χ4v) is 5.91. The van der Waals surface area contributed by atoms with Gasteiger partial charge in [-0.3, -0.25) is 4.79 Å². The number of esters is 1. The third kappa shape index (κ3) is 2.98. The molecule has 2 bridgehead atoms. The highest BCUT2D eigenvalue weighted by atomic mass is 79.9. The average molecular weight is 558 g/mol. The Morgan fingerprint density at radius 1 is 1.00 bits per heavy atom. The van der Waals surface area contributed by atoms with Crippen molar-refractivity contribution in [2.45, 2.75) is 22.9 Å². The maximum atomic E-state index is 13.4. The van der Waals surface area contributed by atoms with Crippen LogP contribution in [0.15, 0.2) is 65.1 Å². The second-order valence-electron chi connectivity index (χ2n) is 8.72. The maximum Gasteiger partial charge on any atom is 0.312 e. The lowest BCUT2D eigenvalue weighted by Gasteiger charge is -2.49. The number of aliphatic hydroxyl groups is 3.